The van der Waals surface area contributed by atoms with E-state index in [1.165, 1.54) is 17.7 Å². The maximum Gasteiger partial charge on any atom is 0.248 e. The van der Waals surface area contributed by atoms with Crippen LogP contribution in [0.25, 0.3) is 10.9 Å². The van der Waals surface area contributed by atoms with E-state index < -0.39 is 6.10 Å². The molecule has 7 heteroatoms. The van der Waals surface area contributed by atoms with Crippen LogP contribution in [0.1, 0.15) is 41.2 Å². The van der Waals surface area contributed by atoms with Gasteiger partial charge in [0.25, 0.3) is 0 Å². The number of fused-ring (bicyclic) bond motifs is 1. The number of phenols is 2. The SMILES string of the molecule is O=c1ccc2c(C(O)CNCCc3ccc(O)c(C4(c5ccccc5)CCNCC4)c3)ccc(O)c2[nH]1. The number of hydrogen-bond donors (Lipinski definition) is 6. The van der Waals surface area contributed by atoms with Gasteiger partial charge < -0.3 is 30.9 Å². The number of aromatic amines is 1. The first-order valence-corrected chi connectivity index (χ1v) is 12.8. The third kappa shape index (κ3) is 5.11. The molecular weight excluding hydrogens is 466 g/mol. The first kappa shape index (κ1) is 25.0. The van der Waals surface area contributed by atoms with Crippen molar-refractivity contribution in [2.75, 3.05) is 26.2 Å². The number of aromatic nitrogens is 1. The minimum absolute atomic E-state index is 0.0261. The van der Waals surface area contributed by atoms with Crippen LogP contribution >= 0.6 is 0 Å². The number of H-pyrrole nitrogens is 1. The van der Waals surface area contributed by atoms with Gasteiger partial charge >= 0.3 is 0 Å². The molecule has 1 aromatic heterocycles. The lowest BCUT2D eigenvalue weighted by molar-refractivity contribution is 0.176. The third-order valence-corrected chi connectivity index (χ3v) is 7.55. The summed E-state index contributed by atoms with van der Waals surface area (Å²) in [6, 6.07) is 22.5. The first-order chi connectivity index (χ1) is 18.0. The number of hydrogen-bond acceptors (Lipinski definition) is 6. The van der Waals surface area contributed by atoms with E-state index in [1.807, 2.05) is 12.1 Å². The molecule has 5 rings (SSSR count). The van der Waals surface area contributed by atoms with Gasteiger partial charge in [0.15, 0.2) is 0 Å². The predicted octanol–water partition coefficient (Wildman–Crippen LogP) is 3.47. The van der Waals surface area contributed by atoms with E-state index in [0.717, 1.165) is 43.5 Å². The number of aliphatic hydroxyl groups excluding tert-OH is 1. The van der Waals surface area contributed by atoms with Crippen molar-refractivity contribution in [2.24, 2.45) is 0 Å². The minimum Gasteiger partial charge on any atom is -0.508 e. The van der Waals surface area contributed by atoms with Gasteiger partial charge in [-0.25, -0.2) is 0 Å². The fourth-order valence-corrected chi connectivity index (χ4v) is 5.58. The molecule has 1 atom stereocenters. The van der Waals surface area contributed by atoms with Crippen molar-refractivity contribution in [3.63, 3.8) is 0 Å². The van der Waals surface area contributed by atoms with E-state index in [4.69, 9.17) is 0 Å². The van der Waals surface area contributed by atoms with Gasteiger partial charge in [0.05, 0.1) is 11.6 Å². The molecule has 0 aliphatic carbocycles. The Bertz CT molecular complexity index is 1430. The highest BCUT2D eigenvalue weighted by molar-refractivity contribution is 5.87. The Morgan fingerprint density at radius 2 is 1.68 bits per heavy atom. The molecule has 0 bridgehead atoms. The van der Waals surface area contributed by atoms with Crippen molar-refractivity contribution in [2.45, 2.75) is 30.8 Å². The van der Waals surface area contributed by atoms with E-state index in [-0.39, 0.29) is 16.7 Å². The Morgan fingerprint density at radius 3 is 2.46 bits per heavy atom. The Balaban J connectivity index is 1.29. The number of pyridine rings is 1. The number of benzene rings is 3. The zero-order valence-electron chi connectivity index (χ0n) is 20.7. The van der Waals surface area contributed by atoms with Crippen LogP contribution < -0.4 is 16.2 Å². The summed E-state index contributed by atoms with van der Waals surface area (Å²) in [4.78, 5) is 14.3. The summed E-state index contributed by atoms with van der Waals surface area (Å²) in [5.41, 5.74) is 3.76. The van der Waals surface area contributed by atoms with E-state index in [9.17, 15) is 20.1 Å². The normalized spacial score (nSPS) is 16.0. The molecule has 6 N–H and O–H groups in total. The maximum absolute atomic E-state index is 11.6. The molecule has 1 fully saturated rings. The molecule has 1 unspecified atom stereocenters. The minimum atomic E-state index is -0.805. The summed E-state index contributed by atoms with van der Waals surface area (Å²) in [5, 5.41) is 39.2. The molecule has 7 nitrogen and oxygen atoms in total. The quantitative estimate of drug-likeness (QED) is 0.207. The second kappa shape index (κ2) is 10.8. The molecule has 192 valence electrons. The van der Waals surface area contributed by atoms with Crippen LogP contribution in [0.5, 0.6) is 11.5 Å². The number of rotatable bonds is 8. The van der Waals surface area contributed by atoms with E-state index in [0.29, 0.717) is 35.3 Å². The van der Waals surface area contributed by atoms with Crippen LogP contribution in [-0.4, -0.2) is 46.5 Å². The summed E-state index contributed by atoms with van der Waals surface area (Å²) in [6.07, 6.45) is 1.78. The Morgan fingerprint density at radius 1 is 0.919 bits per heavy atom. The lowest BCUT2D eigenvalue weighted by Gasteiger charge is -2.39. The molecule has 37 heavy (non-hydrogen) atoms. The fraction of sp³-hybridized carbons (Fsp3) is 0.300. The summed E-state index contributed by atoms with van der Waals surface area (Å²) < 4.78 is 0. The number of phenolic OH excluding ortho intramolecular Hbond substituents is 2. The standard InChI is InChI=1S/C30H33N3O4/c34-25-9-6-20(18-24(25)30(13-16-31-17-14-30)21-4-2-1-3-5-21)12-15-32-19-27(36)22-7-10-26(35)29-23(22)8-11-28(37)33-29/h1-11,18,27,31-32,34-36H,12-17,19H2,(H,33,37). The fourth-order valence-electron chi connectivity index (χ4n) is 5.58. The van der Waals surface area contributed by atoms with Crippen LogP contribution in [0.15, 0.2) is 77.6 Å². The van der Waals surface area contributed by atoms with Crippen molar-refractivity contribution in [1.29, 1.82) is 0 Å². The molecule has 2 heterocycles. The smallest absolute Gasteiger partial charge is 0.248 e. The summed E-state index contributed by atoms with van der Waals surface area (Å²) >= 11 is 0. The largest absolute Gasteiger partial charge is 0.508 e. The van der Waals surface area contributed by atoms with Crippen molar-refractivity contribution < 1.29 is 15.3 Å². The number of piperidine rings is 1. The van der Waals surface area contributed by atoms with Crippen molar-refractivity contribution in [1.82, 2.24) is 15.6 Å². The zero-order valence-corrected chi connectivity index (χ0v) is 20.7. The average molecular weight is 500 g/mol. The molecule has 0 spiro atoms. The number of nitrogens with one attached hydrogen (secondary N) is 3. The van der Waals surface area contributed by atoms with Crippen LogP contribution in [0.2, 0.25) is 0 Å². The van der Waals surface area contributed by atoms with Gasteiger partial charge in [-0.3, -0.25) is 4.79 Å². The molecular formula is C30H33N3O4. The molecule has 4 aromatic rings. The van der Waals surface area contributed by atoms with Crippen molar-refractivity contribution in [3.8, 4) is 11.5 Å². The highest BCUT2D eigenvalue weighted by atomic mass is 16.3. The molecule has 0 radical (unpaired) electrons. The Kier molecular flexibility index (Phi) is 7.28. The van der Waals surface area contributed by atoms with Gasteiger partial charge in [-0.1, -0.05) is 48.5 Å². The van der Waals surface area contributed by atoms with Gasteiger partial charge in [0, 0.05) is 29.0 Å². The average Bonchev–Trinajstić information content (AvgIpc) is 2.93. The Hall–Kier alpha value is -3.65. The molecule has 3 aromatic carbocycles. The molecule has 1 aliphatic heterocycles. The van der Waals surface area contributed by atoms with Crippen molar-refractivity contribution >= 4 is 10.9 Å². The third-order valence-electron chi connectivity index (χ3n) is 7.55. The first-order valence-electron chi connectivity index (χ1n) is 12.8. The monoisotopic (exact) mass is 499 g/mol. The van der Waals surface area contributed by atoms with E-state index in [2.05, 4.69) is 45.9 Å². The summed E-state index contributed by atoms with van der Waals surface area (Å²) in [5.74, 6) is 0.303. The van der Waals surface area contributed by atoms with Crippen LogP contribution in [0.3, 0.4) is 0 Å². The van der Waals surface area contributed by atoms with E-state index in [1.54, 1.807) is 18.2 Å². The van der Waals surface area contributed by atoms with Crippen LogP contribution in [0, 0.1) is 0 Å². The lowest BCUT2D eigenvalue weighted by Crippen LogP contribution is -2.40. The lowest BCUT2D eigenvalue weighted by atomic mass is 9.67. The van der Waals surface area contributed by atoms with Crippen LogP contribution in [-0.2, 0) is 11.8 Å². The maximum atomic E-state index is 11.6. The van der Waals surface area contributed by atoms with Gasteiger partial charge in [-0.2, -0.15) is 0 Å². The van der Waals surface area contributed by atoms with Gasteiger partial charge in [-0.05, 0) is 73.8 Å². The summed E-state index contributed by atoms with van der Waals surface area (Å²) in [7, 11) is 0. The number of aromatic hydroxyl groups is 2. The van der Waals surface area contributed by atoms with Crippen molar-refractivity contribution in [3.05, 3.63) is 105 Å². The number of aliphatic hydroxyl groups is 1. The second-order valence-corrected chi connectivity index (χ2v) is 9.80. The second-order valence-electron chi connectivity index (χ2n) is 9.80. The van der Waals surface area contributed by atoms with Gasteiger partial charge in [0.1, 0.15) is 11.5 Å². The highest BCUT2D eigenvalue weighted by Gasteiger charge is 2.37. The van der Waals surface area contributed by atoms with E-state index >= 15 is 0 Å². The molecule has 0 saturated carbocycles. The van der Waals surface area contributed by atoms with Gasteiger partial charge in [0.2, 0.25) is 5.56 Å². The zero-order chi connectivity index (χ0) is 25.8. The van der Waals surface area contributed by atoms with Crippen LogP contribution in [0.4, 0.5) is 0 Å². The molecule has 0 amide bonds. The summed E-state index contributed by atoms with van der Waals surface area (Å²) in [6.45, 7) is 2.77. The molecule has 1 aliphatic rings. The molecule has 1 saturated heterocycles. The topological polar surface area (TPSA) is 118 Å². The highest BCUT2D eigenvalue weighted by Crippen LogP contribution is 2.44. The Labute approximate surface area is 215 Å². The predicted molar refractivity (Wildman–Crippen MR) is 145 cm³/mol. The van der Waals surface area contributed by atoms with Gasteiger partial charge in [-0.15, -0.1) is 0 Å².